The van der Waals surface area contributed by atoms with E-state index in [1.54, 1.807) is 0 Å². The molecule has 1 heterocycles. The van der Waals surface area contributed by atoms with Crippen LogP contribution in [0, 0.1) is 11.6 Å². The molecular formula is C13H13F4NO2. The summed E-state index contributed by atoms with van der Waals surface area (Å²) < 4.78 is 56.0. The van der Waals surface area contributed by atoms with Crippen molar-refractivity contribution < 1.29 is 27.1 Å². The van der Waals surface area contributed by atoms with Crippen LogP contribution in [-0.4, -0.2) is 31.1 Å². The molecule has 1 atom stereocenters. The van der Waals surface area contributed by atoms with Crippen LogP contribution in [0.4, 0.5) is 17.6 Å². The van der Waals surface area contributed by atoms with E-state index in [4.69, 9.17) is 0 Å². The fourth-order valence-electron chi connectivity index (χ4n) is 2.01. The standard InChI is InChI=1S/C13H13F4NO2/c14-9-3-8(4-10(15)5-9)1-2-18-7-11-6-13(16,17)12(19)20-11/h3-5,11,18H,1-2,6-7H2. The molecule has 7 heteroatoms. The number of carbonyl (C=O) groups is 1. The van der Waals surface area contributed by atoms with Crippen molar-refractivity contribution >= 4 is 5.97 Å². The second-order valence-electron chi connectivity index (χ2n) is 4.67. The van der Waals surface area contributed by atoms with E-state index in [1.165, 1.54) is 12.1 Å². The fraction of sp³-hybridized carbons (Fsp3) is 0.462. The Kier molecular flexibility index (Phi) is 4.27. The lowest BCUT2D eigenvalue weighted by molar-refractivity contribution is -0.159. The van der Waals surface area contributed by atoms with Crippen molar-refractivity contribution in [2.45, 2.75) is 24.9 Å². The Labute approximate surface area is 112 Å². The molecule has 0 radical (unpaired) electrons. The van der Waals surface area contributed by atoms with Crippen LogP contribution in [0.2, 0.25) is 0 Å². The first-order valence-electron chi connectivity index (χ1n) is 6.11. The molecule has 0 bridgehead atoms. The number of alkyl halides is 2. The number of nitrogens with one attached hydrogen (secondary N) is 1. The van der Waals surface area contributed by atoms with E-state index in [0.717, 1.165) is 6.07 Å². The van der Waals surface area contributed by atoms with Crippen LogP contribution in [0.15, 0.2) is 18.2 Å². The van der Waals surface area contributed by atoms with Crippen LogP contribution < -0.4 is 5.32 Å². The highest BCUT2D eigenvalue weighted by Crippen LogP contribution is 2.30. The molecule has 0 spiro atoms. The zero-order valence-corrected chi connectivity index (χ0v) is 10.5. The first-order chi connectivity index (χ1) is 9.37. The fourth-order valence-corrected chi connectivity index (χ4v) is 2.01. The van der Waals surface area contributed by atoms with Crippen molar-refractivity contribution in [3.63, 3.8) is 0 Å². The van der Waals surface area contributed by atoms with E-state index < -0.39 is 36.1 Å². The third kappa shape index (κ3) is 3.69. The summed E-state index contributed by atoms with van der Waals surface area (Å²) >= 11 is 0. The molecule has 3 nitrogen and oxygen atoms in total. The molecule has 110 valence electrons. The van der Waals surface area contributed by atoms with Gasteiger partial charge in [0.1, 0.15) is 17.7 Å². The minimum Gasteiger partial charge on any atom is -0.456 e. The van der Waals surface area contributed by atoms with E-state index >= 15 is 0 Å². The minimum absolute atomic E-state index is 0.0825. The Morgan fingerprint density at radius 3 is 2.45 bits per heavy atom. The lowest BCUT2D eigenvalue weighted by atomic mass is 10.1. The van der Waals surface area contributed by atoms with E-state index in [9.17, 15) is 22.4 Å². The average Bonchev–Trinajstić information content (AvgIpc) is 2.57. The van der Waals surface area contributed by atoms with E-state index in [0.29, 0.717) is 18.5 Å². The number of hydrogen-bond acceptors (Lipinski definition) is 3. The van der Waals surface area contributed by atoms with E-state index in [2.05, 4.69) is 10.1 Å². The molecule has 0 amide bonds. The van der Waals surface area contributed by atoms with Gasteiger partial charge in [-0.1, -0.05) is 0 Å². The smallest absolute Gasteiger partial charge is 0.377 e. The second-order valence-corrected chi connectivity index (χ2v) is 4.67. The summed E-state index contributed by atoms with van der Waals surface area (Å²) in [7, 11) is 0. The number of benzene rings is 1. The molecule has 1 saturated heterocycles. The molecular weight excluding hydrogens is 278 g/mol. The number of esters is 1. The lowest BCUT2D eigenvalue weighted by Crippen LogP contribution is -2.28. The Morgan fingerprint density at radius 2 is 1.90 bits per heavy atom. The molecule has 20 heavy (non-hydrogen) atoms. The predicted octanol–water partition coefficient (Wildman–Crippen LogP) is 2.05. The Morgan fingerprint density at radius 1 is 1.25 bits per heavy atom. The van der Waals surface area contributed by atoms with Crippen LogP contribution in [0.5, 0.6) is 0 Å². The largest absolute Gasteiger partial charge is 0.456 e. The number of hydrogen-bond donors (Lipinski definition) is 1. The molecule has 1 N–H and O–H groups in total. The molecule has 2 rings (SSSR count). The molecule has 1 fully saturated rings. The third-order valence-electron chi connectivity index (χ3n) is 2.94. The summed E-state index contributed by atoms with van der Waals surface area (Å²) in [6, 6.07) is 3.18. The number of ether oxygens (including phenoxy) is 1. The van der Waals surface area contributed by atoms with Crippen LogP contribution >= 0.6 is 0 Å². The number of cyclic esters (lactones) is 1. The maximum Gasteiger partial charge on any atom is 0.377 e. The molecule has 1 aliphatic rings. The topological polar surface area (TPSA) is 38.3 Å². The van der Waals surface area contributed by atoms with Crippen LogP contribution in [0.3, 0.4) is 0 Å². The minimum atomic E-state index is -3.42. The van der Waals surface area contributed by atoms with Gasteiger partial charge in [0.15, 0.2) is 0 Å². The molecule has 0 aliphatic carbocycles. The first kappa shape index (κ1) is 14.8. The first-order valence-corrected chi connectivity index (χ1v) is 6.11. The van der Waals surface area contributed by atoms with Gasteiger partial charge in [-0.15, -0.1) is 0 Å². The maximum atomic E-state index is 12.9. The van der Waals surface area contributed by atoms with Crippen molar-refractivity contribution in [2.24, 2.45) is 0 Å². The Bertz CT molecular complexity index is 487. The number of carbonyl (C=O) groups excluding carboxylic acids is 1. The molecule has 0 aromatic heterocycles. The Balaban J connectivity index is 1.73. The zero-order valence-electron chi connectivity index (χ0n) is 10.5. The van der Waals surface area contributed by atoms with Crippen molar-refractivity contribution in [1.82, 2.24) is 5.32 Å². The summed E-state index contributed by atoms with van der Waals surface area (Å²) in [6.45, 7) is 0.418. The van der Waals surface area contributed by atoms with Gasteiger partial charge < -0.3 is 10.1 Å². The quantitative estimate of drug-likeness (QED) is 0.512. The highest BCUT2D eigenvalue weighted by atomic mass is 19.3. The average molecular weight is 291 g/mol. The van der Waals surface area contributed by atoms with Gasteiger partial charge in [0.25, 0.3) is 0 Å². The van der Waals surface area contributed by atoms with Crippen molar-refractivity contribution in [1.29, 1.82) is 0 Å². The van der Waals surface area contributed by atoms with Gasteiger partial charge in [-0.25, -0.2) is 13.6 Å². The summed E-state index contributed by atoms with van der Waals surface area (Å²) in [5.74, 6) is -6.25. The molecule has 1 aromatic carbocycles. The number of rotatable bonds is 5. The SMILES string of the molecule is O=C1OC(CNCCc2cc(F)cc(F)c2)CC1(F)F. The summed E-state index contributed by atoms with van der Waals surface area (Å²) in [4.78, 5) is 10.8. The normalized spacial score (nSPS) is 21.0. The van der Waals surface area contributed by atoms with Crippen molar-refractivity contribution in [3.05, 3.63) is 35.4 Å². The molecule has 1 aliphatic heterocycles. The van der Waals surface area contributed by atoms with Crippen LogP contribution in [-0.2, 0) is 16.0 Å². The maximum absolute atomic E-state index is 12.9. The Hall–Kier alpha value is -1.63. The summed E-state index contributed by atoms with van der Waals surface area (Å²) in [5.41, 5.74) is 0.462. The van der Waals surface area contributed by atoms with Gasteiger partial charge in [-0.05, 0) is 30.7 Å². The second kappa shape index (κ2) is 5.78. The number of halogens is 4. The van der Waals surface area contributed by atoms with Crippen LogP contribution in [0.1, 0.15) is 12.0 Å². The molecule has 0 saturated carbocycles. The van der Waals surface area contributed by atoms with Gasteiger partial charge in [-0.2, -0.15) is 8.78 Å². The summed E-state index contributed by atoms with van der Waals surface area (Å²) in [6.07, 6.45) is -1.18. The highest BCUT2D eigenvalue weighted by molar-refractivity contribution is 5.79. The zero-order chi connectivity index (χ0) is 14.8. The highest BCUT2D eigenvalue weighted by Gasteiger charge is 2.50. The van der Waals surface area contributed by atoms with Crippen molar-refractivity contribution in [3.8, 4) is 0 Å². The van der Waals surface area contributed by atoms with Gasteiger partial charge in [0.2, 0.25) is 0 Å². The third-order valence-corrected chi connectivity index (χ3v) is 2.94. The van der Waals surface area contributed by atoms with E-state index in [-0.39, 0.29) is 6.54 Å². The predicted molar refractivity (Wildman–Crippen MR) is 62.4 cm³/mol. The van der Waals surface area contributed by atoms with Crippen LogP contribution in [0.25, 0.3) is 0 Å². The van der Waals surface area contributed by atoms with Gasteiger partial charge in [0, 0.05) is 12.6 Å². The summed E-state index contributed by atoms with van der Waals surface area (Å²) in [5, 5.41) is 2.82. The molecule has 1 aromatic rings. The van der Waals surface area contributed by atoms with Gasteiger partial charge in [0.05, 0.1) is 6.42 Å². The lowest BCUT2D eigenvalue weighted by Gasteiger charge is -2.10. The monoisotopic (exact) mass is 291 g/mol. The van der Waals surface area contributed by atoms with E-state index in [1.807, 2.05) is 0 Å². The molecule has 1 unspecified atom stereocenters. The van der Waals surface area contributed by atoms with Gasteiger partial charge in [-0.3, -0.25) is 0 Å². The van der Waals surface area contributed by atoms with Gasteiger partial charge >= 0.3 is 11.9 Å². The van der Waals surface area contributed by atoms with Crippen molar-refractivity contribution in [2.75, 3.05) is 13.1 Å².